The van der Waals surface area contributed by atoms with Crippen molar-refractivity contribution in [2.75, 3.05) is 19.8 Å². The van der Waals surface area contributed by atoms with Gasteiger partial charge in [0.15, 0.2) is 11.7 Å². The summed E-state index contributed by atoms with van der Waals surface area (Å²) in [6.45, 7) is -1.17. The molecule has 3 amide bonds. The van der Waals surface area contributed by atoms with Gasteiger partial charge in [-0.15, -0.1) is 0 Å². The highest BCUT2D eigenvalue weighted by molar-refractivity contribution is 9.10. The zero-order chi connectivity index (χ0) is 29.2. The number of hydrogen-bond donors (Lipinski definition) is 5. The first-order chi connectivity index (χ1) is 19.1. The van der Waals surface area contributed by atoms with Crippen LogP contribution in [-0.2, 0) is 14.4 Å². The monoisotopic (exact) mass is 624 g/mol. The number of ketones is 1. The summed E-state index contributed by atoms with van der Waals surface area (Å²) in [6, 6.07) is 3.66. The highest BCUT2D eigenvalue weighted by Crippen LogP contribution is 2.30. The summed E-state index contributed by atoms with van der Waals surface area (Å²) in [4.78, 5) is 57.6. The van der Waals surface area contributed by atoms with Crippen molar-refractivity contribution in [1.29, 1.82) is 0 Å². The molecule has 40 heavy (non-hydrogen) atoms. The van der Waals surface area contributed by atoms with E-state index in [1.807, 2.05) is 0 Å². The van der Waals surface area contributed by atoms with E-state index in [2.05, 4.69) is 31.6 Å². The molecule has 1 saturated heterocycles. The molecule has 7 N–H and O–H groups in total. The largest absolute Gasteiger partial charge is 0.391 e. The topological polar surface area (TPSA) is 180 Å². The van der Waals surface area contributed by atoms with Gasteiger partial charge in [0.2, 0.25) is 11.8 Å². The average Bonchev–Trinajstić information content (AvgIpc) is 3.34. The van der Waals surface area contributed by atoms with Crippen LogP contribution in [0.3, 0.4) is 0 Å². The van der Waals surface area contributed by atoms with Gasteiger partial charge in [0.25, 0.3) is 5.91 Å². The minimum absolute atomic E-state index is 0.0415. The van der Waals surface area contributed by atoms with Crippen molar-refractivity contribution >= 4 is 45.4 Å². The number of amides is 3. The molecule has 1 aromatic carbocycles. The van der Waals surface area contributed by atoms with Crippen molar-refractivity contribution in [2.45, 2.75) is 75.6 Å². The van der Waals surface area contributed by atoms with Gasteiger partial charge in [0, 0.05) is 29.5 Å². The van der Waals surface area contributed by atoms with Crippen molar-refractivity contribution in [3.8, 4) is 0 Å². The van der Waals surface area contributed by atoms with Gasteiger partial charge in [-0.05, 0) is 55.9 Å². The molecule has 1 heterocycles. The highest BCUT2D eigenvalue weighted by atomic mass is 79.9. The van der Waals surface area contributed by atoms with Crippen LogP contribution >= 0.6 is 15.9 Å². The number of nitrogens with zero attached hydrogens (tertiary/aromatic N) is 2. The normalized spacial score (nSPS) is 20.8. The number of hydrogen-bond acceptors (Lipinski definition) is 6. The molecule has 0 aromatic heterocycles. The summed E-state index contributed by atoms with van der Waals surface area (Å²) in [6.07, 6.45) is 3.77. The third-order valence-electron chi connectivity index (χ3n) is 7.43. The summed E-state index contributed by atoms with van der Waals surface area (Å²) in [5, 5.41) is 15.9. The molecule has 11 nitrogen and oxygen atoms in total. The van der Waals surface area contributed by atoms with Gasteiger partial charge in [-0.1, -0.05) is 35.2 Å². The number of carbonyl (C=O) groups is 4. The molecule has 1 aromatic rings. The number of nitrogens with two attached hydrogens (primary N) is 2. The van der Waals surface area contributed by atoms with E-state index in [-0.39, 0.29) is 37.8 Å². The van der Waals surface area contributed by atoms with E-state index in [1.165, 1.54) is 4.90 Å². The Labute approximate surface area is 241 Å². The van der Waals surface area contributed by atoms with E-state index >= 15 is 0 Å². The van der Waals surface area contributed by atoms with Crippen LogP contribution in [0.25, 0.3) is 0 Å². The lowest BCUT2D eigenvalue weighted by Crippen LogP contribution is -2.57. The van der Waals surface area contributed by atoms with E-state index in [9.17, 15) is 28.7 Å². The number of guanidine groups is 1. The Bertz CT molecular complexity index is 1080. The lowest BCUT2D eigenvalue weighted by atomic mass is 9.83. The van der Waals surface area contributed by atoms with Crippen LogP contribution in [0.15, 0.2) is 33.7 Å². The number of rotatable bonds is 12. The standard InChI is InChI=1S/C27H38BrFN6O5/c28-18-10-8-17(9-11-18)24(38)34-23(16-5-2-1-3-6-16)26(40)35-15-19(36)13-21(35)25(39)33-20(22(37)14-29)7-4-12-32-27(30)31/h8-11,16,19-21,23,36H,1-7,12-15H2,(H,33,39)(H,34,38)(H4,30,31,32). The van der Waals surface area contributed by atoms with Crippen LogP contribution in [-0.4, -0.2) is 83.5 Å². The molecule has 1 saturated carbocycles. The number of alkyl halides is 1. The van der Waals surface area contributed by atoms with Gasteiger partial charge >= 0.3 is 0 Å². The summed E-state index contributed by atoms with van der Waals surface area (Å²) >= 11 is 3.34. The van der Waals surface area contributed by atoms with Crippen LogP contribution in [0.5, 0.6) is 0 Å². The fourth-order valence-electron chi connectivity index (χ4n) is 5.34. The Morgan fingerprint density at radius 1 is 1.10 bits per heavy atom. The lowest BCUT2D eigenvalue weighted by molar-refractivity contribution is -0.142. The van der Waals surface area contributed by atoms with Gasteiger partial charge < -0.3 is 32.1 Å². The maximum absolute atomic E-state index is 13.9. The van der Waals surface area contributed by atoms with Gasteiger partial charge in [0.1, 0.15) is 18.8 Å². The third kappa shape index (κ3) is 8.72. The second-order valence-electron chi connectivity index (χ2n) is 10.4. The molecule has 0 radical (unpaired) electrons. The summed E-state index contributed by atoms with van der Waals surface area (Å²) in [5.41, 5.74) is 11.0. The molecule has 220 valence electrons. The first-order valence-corrected chi connectivity index (χ1v) is 14.4. The Morgan fingerprint density at radius 2 is 1.77 bits per heavy atom. The van der Waals surface area contributed by atoms with E-state index in [1.54, 1.807) is 24.3 Å². The van der Waals surface area contributed by atoms with Crippen LogP contribution < -0.4 is 22.1 Å². The summed E-state index contributed by atoms with van der Waals surface area (Å²) in [5.74, 6) is -2.59. The molecule has 1 aliphatic heterocycles. The number of nitrogens with one attached hydrogen (secondary N) is 2. The maximum Gasteiger partial charge on any atom is 0.251 e. The molecule has 2 aliphatic rings. The van der Waals surface area contributed by atoms with Crippen molar-refractivity contribution < 1.29 is 28.7 Å². The second kappa shape index (κ2) is 15.1. The Balaban J connectivity index is 1.77. The van der Waals surface area contributed by atoms with E-state index < -0.39 is 54.4 Å². The zero-order valence-electron chi connectivity index (χ0n) is 22.4. The summed E-state index contributed by atoms with van der Waals surface area (Å²) < 4.78 is 14.1. The SMILES string of the molecule is NC(N)=NCCCC(NC(=O)C1CC(O)CN1C(=O)C(NC(=O)c1ccc(Br)cc1)C1CCCCC1)C(=O)CF. The number of likely N-dealkylation sites (tertiary alicyclic amines) is 1. The number of aliphatic imine (C=N–C) groups is 1. The predicted molar refractivity (Wildman–Crippen MR) is 151 cm³/mol. The van der Waals surface area contributed by atoms with Gasteiger partial charge in [-0.25, -0.2) is 4.39 Å². The fourth-order valence-corrected chi connectivity index (χ4v) is 5.60. The molecular formula is C27H38BrFN6O5. The van der Waals surface area contributed by atoms with E-state index in [4.69, 9.17) is 11.5 Å². The van der Waals surface area contributed by atoms with Crippen molar-refractivity contribution in [3.05, 3.63) is 34.3 Å². The average molecular weight is 626 g/mol. The minimum Gasteiger partial charge on any atom is -0.391 e. The Kier molecular flexibility index (Phi) is 11.9. The van der Waals surface area contributed by atoms with Crippen LogP contribution in [0.1, 0.15) is 61.7 Å². The first-order valence-electron chi connectivity index (χ1n) is 13.6. The Hall–Kier alpha value is -3.06. The number of benzene rings is 1. The second-order valence-corrected chi connectivity index (χ2v) is 11.3. The van der Waals surface area contributed by atoms with Gasteiger partial charge in [0.05, 0.1) is 12.1 Å². The summed E-state index contributed by atoms with van der Waals surface area (Å²) in [7, 11) is 0. The smallest absolute Gasteiger partial charge is 0.251 e. The molecule has 4 atom stereocenters. The zero-order valence-corrected chi connectivity index (χ0v) is 23.9. The maximum atomic E-state index is 13.9. The molecule has 2 fully saturated rings. The minimum atomic E-state index is -1.27. The van der Waals surface area contributed by atoms with Crippen molar-refractivity contribution in [1.82, 2.24) is 15.5 Å². The molecule has 0 spiro atoms. The molecular weight excluding hydrogens is 587 g/mol. The number of halogens is 2. The molecule has 1 aliphatic carbocycles. The quantitative estimate of drug-likeness (QED) is 0.131. The lowest BCUT2D eigenvalue weighted by Gasteiger charge is -2.34. The van der Waals surface area contributed by atoms with Crippen LogP contribution in [0.4, 0.5) is 4.39 Å². The number of carbonyl (C=O) groups excluding carboxylic acids is 4. The number of Topliss-reactive ketones (excluding diaryl/α,β-unsaturated/α-hetero) is 1. The fraction of sp³-hybridized carbons (Fsp3) is 0.593. The first kappa shape index (κ1) is 31.5. The van der Waals surface area contributed by atoms with E-state index in [0.717, 1.165) is 36.6 Å². The molecule has 3 rings (SSSR count). The van der Waals surface area contributed by atoms with Gasteiger partial charge in [-0.2, -0.15) is 0 Å². The highest BCUT2D eigenvalue weighted by Gasteiger charge is 2.44. The molecule has 0 bridgehead atoms. The van der Waals surface area contributed by atoms with Crippen molar-refractivity contribution in [2.24, 2.45) is 22.4 Å². The predicted octanol–water partition coefficient (Wildman–Crippen LogP) is 1.17. The molecule has 4 unspecified atom stereocenters. The van der Waals surface area contributed by atoms with Crippen LogP contribution in [0, 0.1) is 5.92 Å². The van der Waals surface area contributed by atoms with E-state index in [0.29, 0.717) is 12.0 Å². The Morgan fingerprint density at radius 3 is 2.40 bits per heavy atom. The molecule has 13 heteroatoms. The number of aliphatic hydroxyl groups is 1. The third-order valence-corrected chi connectivity index (χ3v) is 7.96. The number of aliphatic hydroxyl groups excluding tert-OH is 1. The number of β-amino-alcohol motifs (C(OH)–C–C–N with tert-alkyl or cyclic N) is 1. The van der Waals surface area contributed by atoms with Gasteiger partial charge in [-0.3, -0.25) is 24.2 Å². The van der Waals surface area contributed by atoms with Crippen molar-refractivity contribution in [3.63, 3.8) is 0 Å². The van der Waals surface area contributed by atoms with Crippen LogP contribution in [0.2, 0.25) is 0 Å².